The van der Waals surface area contributed by atoms with Gasteiger partial charge in [0.2, 0.25) is 5.91 Å². The van der Waals surface area contributed by atoms with Crippen LogP contribution in [0.25, 0.3) is 0 Å². The molecule has 6 nitrogen and oxygen atoms in total. The molecule has 0 aliphatic carbocycles. The van der Waals surface area contributed by atoms with Crippen LogP contribution in [0.1, 0.15) is 22.3 Å². The number of aliphatic hydroxyl groups is 1. The van der Waals surface area contributed by atoms with E-state index in [1.54, 1.807) is 18.2 Å². The average Bonchev–Trinajstić information content (AvgIpc) is 3.00. The van der Waals surface area contributed by atoms with E-state index < -0.39 is 5.60 Å². The van der Waals surface area contributed by atoms with Crippen LogP contribution in [0.4, 0.5) is 5.69 Å². The Morgan fingerprint density at radius 1 is 1.50 bits per heavy atom. The molecule has 0 saturated carbocycles. The highest BCUT2D eigenvalue weighted by atomic mass is 16.5. The molecule has 2 aliphatic heterocycles. The normalized spacial score (nSPS) is 24.4. The summed E-state index contributed by atoms with van der Waals surface area (Å²) in [5.41, 5.74) is 1.10. The summed E-state index contributed by atoms with van der Waals surface area (Å²) in [7, 11) is 0. The summed E-state index contributed by atoms with van der Waals surface area (Å²) in [5.74, 6) is -0.317. The van der Waals surface area contributed by atoms with Gasteiger partial charge in [-0.1, -0.05) is 0 Å². The fourth-order valence-corrected chi connectivity index (χ4v) is 2.45. The van der Waals surface area contributed by atoms with E-state index in [0.29, 0.717) is 25.0 Å². The van der Waals surface area contributed by atoms with Crippen molar-refractivity contribution in [2.75, 3.05) is 25.1 Å². The molecule has 106 valence electrons. The molecule has 0 aromatic heterocycles. The maximum atomic E-state index is 12.1. The van der Waals surface area contributed by atoms with Crippen LogP contribution in [0.5, 0.6) is 0 Å². The molecule has 2 aliphatic rings. The summed E-state index contributed by atoms with van der Waals surface area (Å²) in [6.07, 6.45) is 0.824. The first-order valence-corrected chi connectivity index (χ1v) is 6.57. The minimum absolute atomic E-state index is 0.0602. The van der Waals surface area contributed by atoms with Gasteiger partial charge < -0.3 is 20.5 Å². The molecular weight excluding hydrogens is 260 g/mol. The first-order valence-electron chi connectivity index (χ1n) is 6.57. The SMILES string of the molecule is O=C1Cc2cc(C(=O)NCC3(O)CCOC3)ccc2N1. The quantitative estimate of drug-likeness (QED) is 0.728. The molecule has 3 rings (SSSR count). The van der Waals surface area contributed by atoms with E-state index in [0.717, 1.165) is 11.3 Å². The van der Waals surface area contributed by atoms with Crippen molar-refractivity contribution in [1.82, 2.24) is 5.32 Å². The van der Waals surface area contributed by atoms with Crippen molar-refractivity contribution in [3.8, 4) is 0 Å². The zero-order chi connectivity index (χ0) is 14.2. The maximum absolute atomic E-state index is 12.1. The van der Waals surface area contributed by atoms with Gasteiger partial charge in [-0.2, -0.15) is 0 Å². The average molecular weight is 276 g/mol. The van der Waals surface area contributed by atoms with Gasteiger partial charge in [-0.15, -0.1) is 0 Å². The van der Waals surface area contributed by atoms with Crippen LogP contribution in [-0.4, -0.2) is 42.3 Å². The standard InChI is InChI=1S/C14H16N2O4/c17-12-6-10-5-9(1-2-11(10)16-12)13(18)15-7-14(19)3-4-20-8-14/h1-2,5,19H,3-4,6-8H2,(H,15,18)(H,16,17). The molecule has 0 spiro atoms. The summed E-state index contributed by atoms with van der Waals surface area (Å²) in [4.78, 5) is 23.3. The van der Waals surface area contributed by atoms with Crippen molar-refractivity contribution in [3.63, 3.8) is 0 Å². The Morgan fingerprint density at radius 3 is 3.10 bits per heavy atom. The Hall–Kier alpha value is -1.92. The fraction of sp³-hybridized carbons (Fsp3) is 0.429. The first-order chi connectivity index (χ1) is 9.56. The summed E-state index contributed by atoms with van der Waals surface area (Å²) in [5, 5.41) is 15.5. The number of fused-ring (bicyclic) bond motifs is 1. The Bertz CT molecular complexity index is 564. The molecule has 1 saturated heterocycles. The number of anilines is 1. The number of nitrogens with one attached hydrogen (secondary N) is 2. The molecule has 0 bridgehead atoms. The van der Waals surface area contributed by atoms with Gasteiger partial charge in [-0.25, -0.2) is 0 Å². The molecule has 1 atom stereocenters. The van der Waals surface area contributed by atoms with Gasteiger partial charge in [-0.05, 0) is 23.8 Å². The minimum atomic E-state index is -0.968. The Labute approximate surface area is 116 Å². The molecular formula is C14H16N2O4. The third kappa shape index (κ3) is 2.52. The second kappa shape index (κ2) is 4.88. The number of hydrogen-bond donors (Lipinski definition) is 3. The fourth-order valence-electron chi connectivity index (χ4n) is 2.45. The molecule has 2 heterocycles. The molecule has 0 radical (unpaired) electrons. The number of amides is 2. The smallest absolute Gasteiger partial charge is 0.251 e. The number of benzene rings is 1. The van der Waals surface area contributed by atoms with Crippen LogP contribution >= 0.6 is 0 Å². The van der Waals surface area contributed by atoms with E-state index in [1.807, 2.05) is 0 Å². The van der Waals surface area contributed by atoms with Crippen LogP contribution in [0, 0.1) is 0 Å². The highest BCUT2D eigenvalue weighted by molar-refractivity contribution is 6.01. The van der Waals surface area contributed by atoms with E-state index in [-0.39, 0.29) is 25.0 Å². The molecule has 20 heavy (non-hydrogen) atoms. The Kier molecular flexibility index (Phi) is 3.19. The first kappa shape index (κ1) is 13.1. The second-order valence-corrected chi connectivity index (χ2v) is 5.31. The van der Waals surface area contributed by atoms with Crippen molar-refractivity contribution >= 4 is 17.5 Å². The van der Waals surface area contributed by atoms with E-state index in [4.69, 9.17) is 4.74 Å². The molecule has 1 unspecified atom stereocenters. The minimum Gasteiger partial charge on any atom is -0.386 e. The maximum Gasteiger partial charge on any atom is 0.251 e. The largest absolute Gasteiger partial charge is 0.386 e. The second-order valence-electron chi connectivity index (χ2n) is 5.31. The number of carbonyl (C=O) groups excluding carboxylic acids is 2. The van der Waals surface area contributed by atoms with Gasteiger partial charge in [0.25, 0.3) is 5.91 Å². The van der Waals surface area contributed by atoms with E-state index in [2.05, 4.69) is 10.6 Å². The van der Waals surface area contributed by atoms with Gasteiger partial charge in [-0.3, -0.25) is 9.59 Å². The van der Waals surface area contributed by atoms with Crippen LogP contribution < -0.4 is 10.6 Å². The number of carbonyl (C=O) groups is 2. The van der Waals surface area contributed by atoms with Crippen LogP contribution in [0.3, 0.4) is 0 Å². The molecule has 1 aromatic carbocycles. The van der Waals surface area contributed by atoms with Gasteiger partial charge in [0.1, 0.15) is 5.60 Å². The van der Waals surface area contributed by atoms with Crippen LogP contribution in [-0.2, 0) is 16.0 Å². The highest BCUT2D eigenvalue weighted by Crippen LogP contribution is 2.24. The van der Waals surface area contributed by atoms with E-state index in [1.165, 1.54) is 0 Å². The predicted octanol–water partition coefficient (Wildman–Crippen LogP) is 0.0624. The summed E-state index contributed by atoms with van der Waals surface area (Å²) < 4.78 is 5.12. The van der Waals surface area contributed by atoms with Crippen molar-refractivity contribution in [2.24, 2.45) is 0 Å². The zero-order valence-corrected chi connectivity index (χ0v) is 10.9. The van der Waals surface area contributed by atoms with E-state index >= 15 is 0 Å². The highest BCUT2D eigenvalue weighted by Gasteiger charge is 2.32. The van der Waals surface area contributed by atoms with Gasteiger partial charge in [0, 0.05) is 30.8 Å². The van der Waals surface area contributed by atoms with Gasteiger partial charge in [0.15, 0.2) is 0 Å². The van der Waals surface area contributed by atoms with Crippen LogP contribution in [0.15, 0.2) is 18.2 Å². The number of rotatable bonds is 3. The lowest BCUT2D eigenvalue weighted by molar-refractivity contribution is -0.115. The monoisotopic (exact) mass is 276 g/mol. The lowest BCUT2D eigenvalue weighted by Gasteiger charge is -2.20. The predicted molar refractivity (Wildman–Crippen MR) is 71.5 cm³/mol. The van der Waals surface area contributed by atoms with Crippen molar-refractivity contribution in [3.05, 3.63) is 29.3 Å². The lowest BCUT2D eigenvalue weighted by atomic mass is 10.0. The third-order valence-electron chi connectivity index (χ3n) is 3.65. The number of hydrogen-bond acceptors (Lipinski definition) is 4. The molecule has 1 fully saturated rings. The number of ether oxygens (including phenoxy) is 1. The third-order valence-corrected chi connectivity index (χ3v) is 3.65. The Balaban J connectivity index is 1.66. The molecule has 2 amide bonds. The van der Waals surface area contributed by atoms with Crippen molar-refractivity contribution in [2.45, 2.75) is 18.4 Å². The summed E-state index contributed by atoms with van der Waals surface area (Å²) in [6.45, 7) is 0.926. The summed E-state index contributed by atoms with van der Waals surface area (Å²) >= 11 is 0. The Morgan fingerprint density at radius 2 is 2.35 bits per heavy atom. The van der Waals surface area contributed by atoms with E-state index in [9.17, 15) is 14.7 Å². The van der Waals surface area contributed by atoms with Crippen LogP contribution in [0.2, 0.25) is 0 Å². The van der Waals surface area contributed by atoms with Crippen molar-refractivity contribution in [1.29, 1.82) is 0 Å². The van der Waals surface area contributed by atoms with Gasteiger partial charge >= 0.3 is 0 Å². The topological polar surface area (TPSA) is 87.7 Å². The molecule has 3 N–H and O–H groups in total. The zero-order valence-electron chi connectivity index (χ0n) is 10.9. The molecule has 6 heteroatoms. The lowest BCUT2D eigenvalue weighted by Crippen LogP contribution is -2.43. The van der Waals surface area contributed by atoms with Crippen molar-refractivity contribution < 1.29 is 19.4 Å². The summed E-state index contributed by atoms with van der Waals surface area (Å²) in [6, 6.07) is 5.09. The molecule has 1 aromatic rings. The van der Waals surface area contributed by atoms with Gasteiger partial charge in [0.05, 0.1) is 13.0 Å².